The van der Waals surface area contributed by atoms with Gasteiger partial charge in [0.25, 0.3) is 0 Å². The minimum atomic E-state index is -3.58. The van der Waals surface area contributed by atoms with E-state index in [0.717, 1.165) is 17.0 Å². The zero-order chi connectivity index (χ0) is 16.0. The number of hydrogen-bond donors (Lipinski definition) is 1. The SMILES string of the molecule is CCCNC(=O)[C@H](CC)N(c1ccc(Cl)cc1)S(C)(=O)=O. The second-order valence-electron chi connectivity index (χ2n) is 4.75. The Hall–Kier alpha value is -1.27. The van der Waals surface area contributed by atoms with Crippen molar-refractivity contribution in [1.29, 1.82) is 0 Å². The number of carbonyl (C=O) groups is 1. The number of anilines is 1. The molecule has 1 N–H and O–H groups in total. The molecule has 0 spiro atoms. The number of benzene rings is 1. The van der Waals surface area contributed by atoms with Crippen LogP contribution in [-0.4, -0.2) is 33.2 Å². The van der Waals surface area contributed by atoms with Crippen molar-refractivity contribution in [2.45, 2.75) is 32.7 Å². The van der Waals surface area contributed by atoms with Gasteiger partial charge in [-0.1, -0.05) is 25.4 Å². The molecule has 0 saturated heterocycles. The van der Waals surface area contributed by atoms with Gasteiger partial charge in [0.1, 0.15) is 6.04 Å². The average molecular weight is 333 g/mol. The zero-order valence-electron chi connectivity index (χ0n) is 12.5. The number of nitrogens with one attached hydrogen (secondary N) is 1. The second kappa shape index (κ2) is 7.66. The van der Waals surface area contributed by atoms with Crippen LogP contribution in [0.1, 0.15) is 26.7 Å². The molecule has 1 atom stereocenters. The maximum absolute atomic E-state index is 12.2. The lowest BCUT2D eigenvalue weighted by molar-refractivity contribution is -0.122. The number of rotatable bonds is 7. The van der Waals surface area contributed by atoms with E-state index >= 15 is 0 Å². The van der Waals surface area contributed by atoms with E-state index in [-0.39, 0.29) is 5.91 Å². The Balaban J connectivity index is 3.17. The quantitative estimate of drug-likeness (QED) is 0.833. The van der Waals surface area contributed by atoms with Crippen LogP contribution in [0.15, 0.2) is 24.3 Å². The van der Waals surface area contributed by atoms with Crippen LogP contribution in [0.25, 0.3) is 0 Å². The summed E-state index contributed by atoms with van der Waals surface area (Å²) in [6.45, 7) is 4.24. The zero-order valence-corrected chi connectivity index (χ0v) is 14.0. The molecule has 7 heteroatoms. The fourth-order valence-electron chi connectivity index (χ4n) is 2.01. The first-order chi connectivity index (χ1) is 9.81. The molecule has 0 radical (unpaired) electrons. The number of nitrogens with zero attached hydrogens (tertiary/aromatic N) is 1. The number of carbonyl (C=O) groups excluding carboxylic acids is 1. The standard InChI is InChI=1S/C14H21ClN2O3S/c1-4-10-16-14(18)13(5-2)17(21(3,19)20)12-8-6-11(15)7-9-12/h6-9,13H,4-5,10H2,1-3H3,(H,16,18)/t13-/m0/s1. The van der Waals surface area contributed by atoms with Crippen LogP contribution in [-0.2, 0) is 14.8 Å². The molecule has 21 heavy (non-hydrogen) atoms. The Morgan fingerprint density at radius 1 is 1.29 bits per heavy atom. The van der Waals surface area contributed by atoms with E-state index in [1.807, 2.05) is 6.92 Å². The van der Waals surface area contributed by atoms with Gasteiger partial charge < -0.3 is 5.32 Å². The Bertz CT molecular complexity index is 572. The molecule has 0 heterocycles. The van der Waals surface area contributed by atoms with Gasteiger partial charge >= 0.3 is 0 Å². The van der Waals surface area contributed by atoms with Gasteiger partial charge in [-0.05, 0) is 37.1 Å². The molecule has 5 nitrogen and oxygen atoms in total. The minimum Gasteiger partial charge on any atom is -0.354 e. The normalized spacial score (nSPS) is 12.8. The van der Waals surface area contributed by atoms with Crippen LogP contribution in [0, 0.1) is 0 Å². The maximum atomic E-state index is 12.2. The predicted molar refractivity (Wildman–Crippen MR) is 86.2 cm³/mol. The summed E-state index contributed by atoms with van der Waals surface area (Å²) in [5.74, 6) is -0.292. The molecular weight excluding hydrogens is 312 g/mol. The molecule has 0 aromatic heterocycles. The van der Waals surface area contributed by atoms with Gasteiger partial charge in [-0.2, -0.15) is 0 Å². The van der Waals surface area contributed by atoms with E-state index in [4.69, 9.17) is 11.6 Å². The minimum absolute atomic E-state index is 0.292. The van der Waals surface area contributed by atoms with Crippen molar-refractivity contribution in [1.82, 2.24) is 5.32 Å². The average Bonchev–Trinajstić information content (AvgIpc) is 2.42. The number of hydrogen-bond acceptors (Lipinski definition) is 3. The van der Waals surface area contributed by atoms with Gasteiger partial charge in [0, 0.05) is 11.6 Å². The van der Waals surface area contributed by atoms with Crippen molar-refractivity contribution < 1.29 is 13.2 Å². The highest BCUT2D eigenvalue weighted by atomic mass is 35.5. The first kappa shape index (κ1) is 17.8. The summed E-state index contributed by atoms with van der Waals surface area (Å²) in [7, 11) is -3.58. The lowest BCUT2D eigenvalue weighted by Gasteiger charge is -2.30. The maximum Gasteiger partial charge on any atom is 0.243 e. The molecule has 1 rings (SSSR count). The van der Waals surface area contributed by atoms with Crippen molar-refractivity contribution in [2.24, 2.45) is 0 Å². The topological polar surface area (TPSA) is 66.5 Å². The van der Waals surface area contributed by atoms with Gasteiger partial charge in [0.15, 0.2) is 0 Å². The third-order valence-electron chi connectivity index (χ3n) is 2.96. The van der Waals surface area contributed by atoms with Gasteiger partial charge in [-0.3, -0.25) is 9.10 Å². The van der Waals surface area contributed by atoms with Crippen molar-refractivity contribution in [3.8, 4) is 0 Å². The predicted octanol–water partition coefficient (Wildman–Crippen LogP) is 2.41. The highest BCUT2D eigenvalue weighted by molar-refractivity contribution is 7.92. The lowest BCUT2D eigenvalue weighted by Crippen LogP contribution is -2.49. The van der Waals surface area contributed by atoms with Crippen molar-refractivity contribution in [3.63, 3.8) is 0 Å². The number of amides is 1. The fourth-order valence-corrected chi connectivity index (χ4v) is 3.35. The van der Waals surface area contributed by atoms with Crippen LogP contribution in [0.3, 0.4) is 0 Å². The highest BCUT2D eigenvalue weighted by Crippen LogP contribution is 2.24. The van der Waals surface area contributed by atoms with E-state index in [1.54, 1.807) is 31.2 Å². The second-order valence-corrected chi connectivity index (χ2v) is 7.05. The Morgan fingerprint density at radius 3 is 2.29 bits per heavy atom. The summed E-state index contributed by atoms with van der Waals surface area (Å²) >= 11 is 5.83. The monoisotopic (exact) mass is 332 g/mol. The smallest absolute Gasteiger partial charge is 0.243 e. The molecule has 0 aliphatic carbocycles. The van der Waals surface area contributed by atoms with E-state index < -0.39 is 16.1 Å². The van der Waals surface area contributed by atoms with Crippen molar-refractivity contribution >= 4 is 33.2 Å². The number of halogens is 1. The molecule has 118 valence electrons. The van der Waals surface area contributed by atoms with Crippen molar-refractivity contribution in [3.05, 3.63) is 29.3 Å². The molecule has 0 aliphatic rings. The van der Waals surface area contributed by atoms with E-state index in [1.165, 1.54) is 0 Å². The van der Waals surface area contributed by atoms with Crippen molar-refractivity contribution in [2.75, 3.05) is 17.1 Å². The molecule has 0 fully saturated rings. The summed E-state index contributed by atoms with van der Waals surface area (Å²) in [6.07, 6.45) is 2.27. The molecule has 0 saturated carbocycles. The van der Waals surface area contributed by atoms with Gasteiger partial charge in [0.2, 0.25) is 15.9 Å². The van der Waals surface area contributed by atoms with E-state index in [0.29, 0.717) is 23.7 Å². The van der Waals surface area contributed by atoms with Crippen LogP contribution in [0.5, 0.6) is 0 Å². The molecule has 1 aromatic rings. The molecule has 1 aromatic carbocycles. The van der Waals surface area contributed by atoms with E-state index in [9.17, 15) is 13.2 Å². The van der Waals surface area contributed by atoms with E-state index in [2.05, 4.69) is 5.32 Å². The van der Waals surface area contributed by atoms with Crippen LogP contribution >= 0.6 is 11.6 Å². The molecule has 0 aliphatic heterocycles. The van der Waals surface area contributed by atoms with Crippen LogP contribution in [0.4, 0.5) is 5.69 Å². The summed E-state index contributed by atoms with van der Waals surface area (Å²) in [4.78, 5) is 12.2. The summed E-state index contributed by atoms with van der Waals surface area (Å²) in [5.41, 5.74) is 0.431. The lowest BCUT2D eigenvalue weighted by atomic mass is 10.2. The Morgan fingerprint density at radius 2 is 1.86 bits per heavy atom. The summed E-state index contributed by atoms with van der Waals surface area (Å²) in [5, 5.41) is 3.26. The molecule has 0 bridgehead atoms. The third kappa shape index (κ3) is 4.89. The highest BCUT2D eigenvalue weighted by Gasteiger charge is 2.31. The largest absolute Gasteiger partial charge is 0.354 e. The molecule has 0 unspecified atom stereocenters. The van der Waals surface area contributed by atoms with Gasteiger partial charge in [-0.25, -0.2) is 8.42 Å². The first-order valence-corrected chi connectivity index (χ1v) is 9.06. The van der Waals surface area contributed by atoms with Gasteiger partial charge in [0.05, 0.1) is 11.9 Å². The van der Waals surface area contributed by atoms with Crippen LogP contribution < -0.4 is 9.62 Å². The fraction of sp³-hybridized carbons (Fsp3) is 0.500. The summed E-state index contributed by atoms with van der Waals surface area (Å²) < 4.78 is 25.4. The molecular formula is C14H21ClN2O3S. The molecule has 1 amide bonds. The van der Waals surface area contributed by atoms with Crippen LogP contribution in [0.2, 0.25) is 5.02 Å². The number of sulfonamides is 1. The Labute approximate surface area is 131 Å². The Kier molecular flexibility index (Phi) is 6.48. The third-order valence-corrected chi connectivity index (χ3v) is 4.39. The summed E-state index contributed by atoms with van der Waals surface area (Å²) in [6, 6.07) is 5.63. The van der Waals surface area contributed by atoms with Gasteiger partial charge in [-0.15, -0.1) is 0 Å². The first-order valence-electron chi connectivity index (χ1n) is 6.84.